The smallest absolute Gasteiger partial charge is 0.302 e. The van der Waals surface area contributed by atoms with Gasteiger partial charge in [0.2, 0.25) is 10.0 Å². The minimum atomic E-state index is -4.04. The number of rotatable bonds is 5. The van der Waals surface area contributed by atoms with Crippen LogP contribution in [0.15, 0.2) is 29.2 Å². The molecule has 140 valence electrons. The summed E-state index contributed by atoms with van der Waals surface area (Å²) in [5.41, 5.74) is 0.868. The average Bonchev–Trinajstić information content (AvgIpc) is 2.54. The number of aryl methyl sites for hydroxylation is 1. The predicted molar refractivity (Wildman–Crippen MR) is 84.8 cm³/mol. The molecule has 4 N–H and O–H groups in total. The predicted octanol–water partition coefficient (Wildman–Crippen LogP) is -1.36. The first kappa shape index (κ1) is 19.8. The number of aliphatic hydroxyl groups is 3. The second kappa shape index (κ2) is 7.77. The van der Waals surface area contributed by atoms with Crippen LogP contribution in [0, 0.1) is 6.92 Å². The number of esters is 1. The van der Waals surface area contributed by atoms with Crippen molar-refractivity contribution in [2.45, 2.75) is 49.4 Å². The van der Waals surface area contributed by atoms with E-state index in [1.165, 1.54) is 12.1 Å². The standard InChI is InChI=1S/C15H21NO8S/c1-8-3-5-10(6-4-8)25(21,22)16-15-14(20)13(19)12(18)11(24-15)7-23-9(2)17/h3-6,11-16,18-20H,7H2,1-2H3/t11-,12+,13+,14+,15+/m1/s1. The summed E-state index contributed by atoms with van der Waals surface area (Å²) in [6, 6.07) is 5.98. The van der Waals surface area contributed by atoms with Gasteiger partial charge >= 0.3 is 5.97 Å². The molecule has 0 aromatic heterocycles. The van der Waals surface area contributed by atoms with E-state index in [1.807, 2.05) is 0 Å². The molecule has 1 aromatic carbocycles. The Morgan fingerprint density at radius 2 is 1.76 bits per heavy atom. The molecular formula is C15H21NO8S. The molecule has 1 aliphatic rings. The minimum Gasteiger partial charge on any atom is -0.463 e. The molecule has 0 amide bonds. The zero-order valence-corrected chi connectivity index (χ0v) is 14.5. The Labute approximate surface area is 145 Å². The molecule has 0 saturated carbocycles. The number of hydrogen-bond donors (Lipinski definition) is 4. The first-order valence-electron chi connectivity index (χ1n) is 7.54. The van der Waals surface area contributed by atoms with E-state index in [4.69, 9.17) is 9.47 Å². The summed E-state index contributed by atoms with van der Waals surface area (Å²) >= 11 is 0. The zero-order chi connectivity index (χ0) is 18.8. The molecule has 9 nitrogen and oxygen atoms in total. The Hall–Kier alpha value is -1.56. The molecule has 1 aliphatic heterocycles. The van der Waals surface area contributed by atoms with E-state index in [0.717, 1.165) is 12.5 Å². The molecule has 0 bridgehead atoms. The van der Waals surface area contributed by atoms with Gasteiger partial charge in [0.1, 0.15) is 31.0 Å². The number of carbonyl (C=O) groups excluding carboxylic acids is 1. The van der Waals surface area contributed by atoms with Crippen molar-refractivity contribution in [3.8, 4) is 0 Å². The second-order valence-electron chi connectivity index (χ2n) is 5.80. The van der Waals surface area contributed by atoms with Crippen LogP contribution in [0.3, 0.4) is 0 Å². The van der Waals surface area contributed by atoms with Crippen LogP contribution in [0.1, 0.15) is 12.5 Å². The summed E-state index contributed by atoms with van der Waals surface area (Å²) < 4.78 is 36.9. The molecule has 0 aliphatic carbocycles. The van der Waals surface area contributed by atoms with Gasteiger partial charge in [-0.05, 0) is 19.1 Å². The highest BCUT2D eigenvalue weighted by atomic mass is 32.2. The van der Waals surface area contributed by atoms with E-state index < -0.39 is 53.2 Å². The van der Waals surface area contributed by atoms with Crippen LogP contribution < -0.4 is 4.72 Å². The van der Waals surface area contributed by atoms with Crippen molar-refractivity contribution in [1.29, 1.82) is 0 Å². The normalized spacial score (nSPS) is 30.0. The van der Waals surface area contributed by atoms with Crippen molar-refractivity contribution in [3.63, 3.8) is 0 Å². The molecule has 0 unspecified atom stereocenters. The summed E-state index contributed by atoms with van der Waals surface area (Å²) in [5.74, 6) is -0.631. The molecule has 0 radical (unpaired) electrons. The zero-order valence-electron chi connectivity index (χ0n) is 13.7. The van der Waals surface area contributed by atoms with Gasteiger partial charge in [-0.15, -0.1) is 0 Å². The van der Waals surface area contributed by atoms with Crippen LogP contribution in [0.4, 0.5) is 0 Å². The Balaban J connectivity index is 2.15. The number of benzene rings is 1. The van der Waals surface area contributed by atoms with E-state index >= 15 is 0 Å². The van der Waals surface area contributed by atoms with Crippen LogP contribution in [0.25, 0.3) is 0 Å². The Morgan fingerprint density at radius 3 is 2.32 bits per heavy atom. The van der Waals surface area contributed by atoms with Crippen molar-refractivity contribution < 1.29 is 38.0 Å². The van der Waals surface area contributed by atoms with Gasteiger partial charge in [0, 0.05) is 6.92 Å². The van der Waals surface area contributed by atoms with Gasteiger partial charge in [-0.25, -0.2) is 8.42 Å². The summed E-state index contributed by atoms with van der Waals surface area (Å²) in [7, 11) is -4.04. The molecule has 0 spiro atoms. The second-order valence-corrected chi connectivity index (χ2v) is 7.52. The fourth-order valence-electron chi connectivity index (χ4n) is 2.32. The lowest BCUT2D eigenvalue weighted by atomic mass is 9.99. The third kappa shape index (κ3) is 4.75. The number of aliphatic hydroxyl groups excluding tert-OH is 3. The maximum atomic E-state index is 12.4. The molecule has 1 heterocycles. The van der Waals surface area contributed by atoms with Crippen LogP contribution >= 0.6 is 0 Å². The van der Waals surface area contributed by atoms with Gasteiger partial charge in [-0.3, -0.25) is 4.79 Å². The summed E-state index contributed by atoms with van der Waals surface area (Å²) in [5, 5.41) is 29.8. The lowest BCUT2D eigenvalue weighted by molar-refractivity contribution is -0.234. The van der Waals surface area contributed by atoms with Gasteiger partial charge in [0.15, 0.2) is 6.23 Å². The van der Waals surface area contributed by atoms with Gasteiger partial charge in [0.25, 0.3) is 0 Å². The minimum absolute atomic E-state index is 0.0500. The van der Waals surface area contributed by atoms with Crippen molar-refractivity contribution in [2.75, 3.05) is 6.61 Å². The van der Waals surface area contributed by atoms with Crippen LogP contribution in [-0.4, -0.2) is 67.0 Å². The molecule has 1 saturated heterocycles. The summed E-state index contributed by atoms with van der Waals surface area (Å²) in [6.45, 7) is 2.55. The number of hydrogen-bond acceptors (Lipinski definition) is 8. The van der Waals surface area contributed by atoms with E-state index in [2.05, 4.69) is 4.72 Å². The molecule has 10 heteroatoms. The fourth-order valence-corrected chi connectivity index (χ4v) is 3.45. The Morgan fingerprint density at radius 1 is 1.16 bits per heavy atom. The number of carbonyl (C=O) groups is 1. The van der Waals surface area contributed by atoms with E-state index in [9.17, 15) is 28.5 Å². The SMILES string of the molecule is CC(=O)OC[C@H]1O[C@H](NS(=O)(=O)c2ccc(C)cc2)[C@@H](O)[C@@H](O)[C@H]1O. The molecule has 25 heavy (non-hydrogen) atoms. The quantitative estimate of drug-likeness (QED) is 0.463. The summed E-state index contributed by atoms with van der Waals surface area (Å²) in [6.07, 6.45) is -7.66. The Kier molecular flexibility index (Phi) is 6.14. The largest absolute Gasteiger partial charge is 0.463 e. The highest BCUT2D eigenvalue weighted by Gasteiger charge is 2.45. The number of nitrogens with one attached hydrogen (secondary N) is 1. The van der Waals surface area contributed by atoms with E-state index in [0.29, 0.717) is 0 Å². The monoisotopic (exact) mass is 375 g/mol. The van der Waals surface area contributed by atoms with Crippen LogP contribution in [0.5, 0.6) is 0 Å². The van der Waals surface area contributed by atoms with Crippen molar-refractivity contribution >= 4 is 16.0 Å². The Bertz CT molecular complexity index is 705. The molecule has 1 aromatic rings. The average molecular weight is 375 g/mol. The third-order valence-corrected chi connectivity index (χ3v) is 5.20. The lowest BCUT2D eigenvalue weighted by Crippen LogP contribution is -2.63. The lowest BCUT2D eigenvalue weighted by Gasteiger charge is -2.40. The van der Waals surface area contributed by atoms with Gasteiger partial charge in [0.05, 0.1) is 4.90 Å². The van der Waals surface area contributed by atoms with E-state index in [1.54, 1.807) is 19.1 Å². The molecular weight excluding hydrogens is 354 g/mol. The van der Waals surface area contributed by atoms with Crippen molar-refractivity contribution in [2.24, 2.45) is 0 Å². The molecule has 5 atom stereocenters. The third-order valence-electron chi connectivity index (χ3n) is 3.77. The highest BCUT2D eigenvalue weighted by Crippen LogP contribution is 2.22. The van der Waals surface area contributed by atoms with Crippen molar-refractivity contribution in [3.05, 3.63) is 29.8 Å². The van der Waals surface area contributed by atoms with Gasteiger partial charge in [-0.2, -0.15) is 4.72 Å². The number of ether oxygens (including phenoxy) is 2. The maximum absolute atomic E-state index is 12.4. The van der Waals surface area contributed by atoms with E-state index in [-0.39, 0.29) is 4.90 Å². The highest BCUT2D eigenvalue weighted by molar-refractivity contribution is 7.89. The van der Waals surface area contributed by atoms with Crippen LogP contribution in [0.2, 0.25) is 0 Å². The summed E-state index contributed by atoms with van der Waals surface area (Å²) in [4.78, 5) is 10.8. The maximum Gasteiger partial charge on any atom is 0.302 e. The van der Waals surface area contributed by atoms with Crippen LogP contribution in [-0.2, 0) is 24.3 Å². The number of sulfonamides is 1. The first-order valence-corrected chi connectivity index (χ1v) is 9.02. The molecule has 1 fully saturated rings. The van der Waals surface area contributed by atoms with Gasteiger partial charge in [-0.1, -0.05) is 17.7 Å². The topological polar surface area (TPSA) is 142 Å². The fraction of sp³-hybridized carbons (Fsp3) is 0.533. The first-order chi connectivity index (χ1) is 11.6. The van der Waals surface area contributed by atoms with Crippen molar-refractivity contribution in [1.82, 2.24) is 4.72 Å². The molecule has 2 rings (SSSR count). The van der Waals surface area contributed by atoms with Gasteiger partial charge < -0.3 is 24.8 Å².